The van der Waals surface area contributed by atoms with Crippen LogP contribution >= 0.6 is 0 Å². The third-order valence-corrected chi connectivity index (χ3v) is 7.35. The van der Waals surface area contributed by atoms with Crippen LogP contribution in [0, 0.1) is 23.6 Å². The molecule has 172 valence electrons. The van der Waals surface area contributed by atoms with Gasteiger partial charge in [-0.1, -0.05) is 30.3 Å². The summed E-state index contributed by atoms with van der Waals surface area (Å²) in [6, 6.07) is 12.9. The number of nitrogens with zero attached hydrogens (tertiary/aromatic N) is 3. The number of carbonyl (C=O) groups is 1. The predicted molar refractivity (Wildman–Crippen MR) is 126 cm³/mol. The third kappa shape index (κ3) is 3.59. The van der Waals surface area contributed by atoms with Gasteiger partial charge in [0, 0.05) is 34.8 Å². The topological polar surface area (TPSA) is 104 Å². The highest BCUT2D eigenvalue weighted by Gasteiger charge is 2.47. The number of pyridine rings is 1. The van der Waals surface area contributed by atoms with Gasteiger partial charge < -0.3 is 15.4 Å². The first-order valence-electron chi connectivity index (χ1n) is 11.6. The lowest BCUT2D eigenvalue weighted by Crippen LogP contribution is -2.51. The number of aromatic nitrogens is 4. The summed E-state index contributed by atoms with van der Waals surface area (Å²) in [6.45, 7) is 0. The van der Waals surface area contributed by atoms with Crippen molar-refractivity contribution in [2.75, 3.05) is 5.32 Å². The summed E-state index contributed by atoms with van der Waals surface area (Å²) in [5.41, 5.74) is 2.82. The van der Waals surface area contributed by atoms with Gasteiger partial charge in [-0.25, -0.2) is 19.3 Å². The molecule has 7 nitrogen and oxygen atoms in total. The fraction of sp³-hybridized carbons (Fsp3) is 0.308. The van der Waals surface area contributed by atoms with Gasteiger partial charge >= 0.3 is 5.97 Å². The smallest absolute Gasteiger partial charge is 0.308 e. The van der Waals surface area contributed by atoms with Crippen LogP contribution < -0.4 is 5.32 Å². The Kier molecular flexibility index (Phi) is 5.01. The van der Waals surface area contributed by atoms with Crippen LogP contribution in [0.4, 0.5) is 10.2 Å². The van der Waals surface area contributed by atoms with Gasteiger partial charge in [0.05, 0.1) is 17.8 Å². The highest BCUT2D eigenvalue weighted by atomic mass is 19.1. The number of halogens is 1. The van der Waals surface area contributed by atoms with Gasteiger partial charge in [-0.3, -0.25) is 4.79 Å². The number of hydrogen-bond donors (Lipinski definition) is 3. The fourth-order valence-corrected chi connectivity index (χ4v) is 5.74. The molecule has 3 aliphatic rings. The minimum absolute atomic E-state index is 0.182. The molecule has 0 spiro atoms. The molecule has 4 aromatic rings. The van der Waals surface area contributed by atoms with Crippen molar-refractivity contribution in [2.45, 2.75) is 31.7 Å². The van der Waals surface area contributed by atoms with Crippen molar-refractivity contribution in [2.24, 2.45) is 17.8 Å². The van der Waals surface area contributed by atoms with Crippen LogP contribution in [-0.4, -0.2) is 37.1 Å². The van der Waals surface area contributed by atoms with Crippen LogP contribution in [0.15, 0.2) is 54.9 Å². The summed E-state index contributed by atoms with van der Waals surface area (Å²) in [4.78, 5) is 28.9. The maximum absolute atomic E-state index is 14.0. The maximum atomic E-state index is 14.0. The average molecular weight is 458 g/mol. The van der Waals surface area contributed by atoms with Gasteiger partial charge in [-0.2, -0.15) is 0 Å². The number of aromatic amines is 1. The normalized spacial score (nSPS) is 23.8. The molecule has 7 rings (SSSR count). The molecule has 2 atom stereocenters. The van der Waals surface area contributed by atoms with E-state index in [4.69, 9.17) is 9.97 Å². The maximum Gasteiger partial charge on any atom is 0.308 e. The van der Waals surface area contributed by atoms with Crippen LogP contribution in [0.1, 0.15) is 25.7 Å². The summed E-state index contributed by atoms with van der Waals surface area (Å²) in [6.07, 6.45) is 6.90. The molecule has 34 heavy (non-hydrogen) atoms. The molecule has 0 saturated heterocycles. The van der Waals surface area contributed by atoms with Gasteiger partial charge in [-0.05, 0) is 43.6 Å². The third-order valence-electron chi connectivity index (χ3n) is 7.35. The van der Waals surface area contributed by atoms with Gasteiger partial charge in [0.2, 0.25) is 0 Å². The Labute approximate surface area is 195 Å². The number of rotatable bonds is 5. The van der Waals surface area contributed by atoms with E-state index < -0.39 is 17.7 Å². The summed E-state index contributed by atoms with van der Waals surface area (Å²) < 4.78 is 14.0. The van der Waals surface area contributed by atoms with E-state index in [9.17, 15) is 14.3 Å². The first kappa shape index (κ1) is 20.8. The van der Waals surface area contributed by atoms with Gasteiger partial charge in [0.15, 0.2) is 5.82 Å². The molecule has 0 radical (unpaired) electrons. The van der Waals surface area contributed by atoms with Crippen LogP contribution in [0.25, 0.3) is 33.7 Å². The number of aliphatic carboxylic acids is 1. The molecule has 0 aliphatic heterocycles. The van der Waals surface area contributed by atoms with Crippen LogP contribution in [0.3, 0.4) is 0 Å². The highest BCUT2D eigenvalue weighted by Crippen LogP contribution is 2.46. The molecule has 2 unspecified atom stereocenters. The first-order valence-corrected chi connectivity index (χ1v) is 11.6. The molecule has 3 saturated carbocycles. The van der Waals surface area contributed by atoms with Gasteiger partial charge in [0.1, 0.15) is 17.3 Å². The lowest BCUT2D eigenvalue weighted by molar-refractivity contribution is -0.148. The Morgan fingerprint density at radius 2 is 1.82 bits per heavy atom. The Morgan fingerprint density at radius 3 is 2.59 bits per heavy atom. The predicted octanol–water partition coefficient (Wildman–Crippen LogP) is 5.13. The van der Waals surface area contributed by atoms with Crippen molar-refractivity contribution in [1.29, 1.82) is 0 Å². The van der Waals surface area contributed by atoms with Gasteiger partial charge in [-0.15, -0.1) is 0 Å². The van der Waals surface area contributed by atoms with E-state index in [2.05, 4.69) is 15.3 Å². The Hall–Kier alpha value is -3.81. The van der Waals surface area contributed by atoms with Crippen molar-refractivity contribution in [3.63, 3.8) is 0 Å². The largest absolute Gasteiger partial charge is 0.481 e. The summed E-state index contributed by atoms with van der Waals surface area (Å²) in [5.74, 6) is -0.121. The van der Waals surface area contributed by atoms with Crippen LogP contribution in [-0.2, 0) is 4.79 Å². The number of benzene rings is 1. The molecule has 3 fully saturated rings. The Morgan fingerprint density at radius 1 is 1.06 bits per heavy atom. The number of anilines is 1. The zero-order chi connectivity index (χ0) is 23.2. The Balaban J connectivity index is 1.46. The molecule has 3 aliphatic carbocycles. The van der Waals surface area contributed by atoms with E-state index >= 15 is 0 Å². The number of fused-ring (bicyclic) bond motifs is 4. The standard InChI is InChI=1S/C26H24FN5O2/c27-17-10-18-19(13-29-24(18)28-12-17)25-30-20(14-4-2-1-3-5-14)11-21(32-25)31-23-16-8-6-15(7-9-16)22(23)26(33)34/h1-5,10-13,15-16,22-23H,6-9H2,(H,28,29)(H,33,34)(H,30,31,32). The van der Waals surface area contributed by atoms with E-state index in [1.807, 2.05) is 36.4 Å². The highest BCUT2D eigenvalue weighted by molar-refractivity contribution is 5.92. The number of nitrogens with one attached hydrogen (secondary N) is 2. The number of carboxylic acid groups (broad SMARTS) is 1. The number of H-pyrrole nitrogens is 1. The summed E-state index contributed by atoms with van der Waals surface area (Å²) in [5, 5.41) is 14.0. The second-order valence-corrected chi connectivity index (χ2v) is 9.29. The SMILES string of the molecule is O=C(O)C1C2CCC(CC2)C1Nc1cc(-c2ccccc2)nc(-c2c[nH]c3ncc(F)cc23)n1. The molecule has 2 bridgehead atoms. The minimum Gasteiger partial charge on any atom is -0.481 e. The first-order chi connectivity index (χ1) is 16.6. The molecular weight excluding hydrogens is 433 g/mol. The number of carboxylic acids is 1. The van der Waals surface area contributed by atoms with Crippen LogP contribution in [0.5, 0.6) is 0 Å². The zero-order valence-corrected chi connectivity index (χ0v) is 18.4. The fourth-order valence-electron chi connectivity index (χ4n) is 5.74. The second kappa shape index (κ2) is 8.20. The molecule has 1 aromatic carbocycles. The molecule has 3 aromatic heterocycles. The van der Waals surface area contributed by atoms with Crippen molar-refractivity contribution in [1.82, 2.24) is 19.9 Å². The van der Waals surface area contributed by atoms with E-state index in [0.29, 0.717) is 39.9 Å². The monoisotopic (exact) mass is 457 g/mol. The summed E-state index contributed by atoms with van der Waals surface area (Å²) >= 11 is 0. The molecule has 8 heteroatoms. The van der Waals surface area contributed by atoms with E-state index in [0.717, 1.165) is 31.2 Å². The zero-order valence-electron chi connectivity index (χ0n) is 18.4. The quantitative estimate of drug-likeness (QED) is 0.384. The van der Waals surface area contributed by atoms with Gasteiger partial charge in [0.25, 0.3) is 0 Å². The molecular formula is C26H24FN5O2. The van der Waals surface area contributed by atoms with Crippen molar-refractivity contribution < 1.29 is 14.3 Å². The van der Waals surface area contributed by atoms with E-state index in [-0.39, 0.29) is 12.0 Å². The Bertz CT molecular complexity index is 1360. The molecule has 3 heterocycles. The molecule has 0 amide bonds. The summed E-state index contributed by atoms with van der Waals surface area (Å²) in [7, 11) is 0. The molecule has 3 N–H and O–H groups in total. The van der Waals surface area contributed by atoms with E-state index in [1.54, 1.807) is 6.20 Å². The van der Waals surface area contributed by atoms with Crippen LogP contribution in [0.2, 0.25) is 0 Å². The minimum atomic E-state index is -0.748. The lowest BCUT2D eigenvalue weighted by atomic mass is 9.61. The number of hydrogen-bond acceptors (Lipinski definition) is 5. The second-order valence-electron chi connectivity index (χ2n) is 9.29. The van der Waals surface area contributed by atoms with E-state index in [1.165, 1.54) is 12.3 Å². The van der Waals surface area contributed by atoms with Crippen molar-refractivity contribution in [3.8, 4) is 22.6 Å². The average Bonchev–Trinajstić information content (AvgIpc) is 3.28. The van der Waals surface area contributed by atoms with Crippen molar-refractivity contribution in [3.05, 3.63) is 60.7 Å². The lowest BCUT2D eigenvalue weighted by Gasteiger charge is -2.47. The van der Waals surface area contributed by atoms with Crippen molar-refractivity contribution >= 4 is 22.8 Å².